The molecule has 1 aliphatic heterocycles. The van der Waals surface area contributed by atoms with Crippen LogP contribution in [-0.4, -0.2) is 19.6 Å². The zero-order chi connectivity index (χ0) is 17.7. The van der Waals surface area contributed by atoms with Crippen LogP contribution in [0.3, 0.4) is 0 Å². The molecule has 0 saturated carbocycles. The van der Waals surface area contributed by atoms with Gasteiger partial charge in [-0.15, -0.1) is 10.2 Å². The van der Waals surface area contributed by atoms with Gasteiger partial charge in [-0.2, -0.15) is 0 Å². The first-order valence-electron chi connectivity index (χ1n) is 8.61. The number of hydrogen-bond donors (Lipinski definition) is 0. The molecule has 0 atom stereocenters. The second kappa shape index (κ2) is 5.33. The maximum atomic E-state index is 5.80. The van der Waals surface area contributed by atoms with Gasteiger partial charge in [0.15, 0.2) is 0 Å². The van der Waals surface area contributed by atoms with Crippen LogP contribution >= 0.6 is 0 Å². The van der Waals surface area contributed by atoms with Gasteiger partial charge in [-0.05, 0) is 35.4 Å². The molecule has 2 aromatic heterocycles. The molecule has 2 aromatic carbocycles. The summed E-state index contributed by atoms with van der Waals surface area (Å²) in [5.41, 5.74) is 4.30. The average Bonchev–Trinajstić information content (AvgIpc) is 3.31. The van der Waals surface area contributed by atoms with Crippen LogP contribution in [0.2, 0.25) is 0 Å². The number of hydrogen-bond acceptors (Lipinski definition) is 3. The summed E-state index contributed by atoms with van der Waals surface area (Å²) in [5, 5.41) is 9.05. The fourth-order valence-electron chi connectivity index (χ4n) is 3.36. The van der Waals surface area contributed by atoms with E-state index in [-0.39, 0.29) is 5.41 Å². The Bertz CT molecular complexity index is 1020. The van der Waals surface area contributed by atoms with Crippen molar-refractivity contribution in [2.24, 2.45) is 0 Å². The lowest BCUT2D eigenvalue weighted by molar-refractivity contribution is 0.435. The molecule has 26 heavy (non-hydrogen) atoms. The average molecular weight is 342 g/mol. The van der Waals surface area contributed by atoms with Crippen molar-refractivity contribution in [3.8, 4) is 23.1 Å². The van der Waals surface area contributed by atoms with Gasteiger partial charge >= 0.3 is 0 Å². The predicted molar refractivity (Wildman–Crippen MR) is 99.3 cm³/mol. The van der Waals surface area contributed by atoms with Gasteiger partial charge in [-0.25, -0.2) is 9.36 Å². The Morgan fingerprint density at radius 3 is 1.73 bits per heavy atom. The molecule has 5 rings (SSSR count). The third kappa shape index (κ3) is 2.32. The lowest BCUT2D eigenvalue weighted by Crippen LogP contribution is -2.19. The molecule has 0 aliphatic carbocycles. The number of fused-ring (bicyclic) bond motifs is 10. The van der Waals surface area contributed by atoms with Crippen LogP contribution in [0.5, 0.6) is 11.8 Å². The number of rotatable bonds is 0. The Kier molecular flexibility index (Phi) is 3.06. The van der Waals surface area contributed by atoms with Gasteiger partial charge in [0, 0.05) is 29.9 Å². The van der Waals surface area contributed by atoms with E-state index in [1.54, 1.807) is 0 Å². The molecule has 4 aromatic rings. The minimum absolute atomic E-state index is 0.154. The first-order valence-corrected chi connectivity index (χ1v) is 8.61. The van der Waals surface area contributed by atoms with E-state index >= 15 is 0 Å². The summed E-state index contributed by atoms with van der Waals surface area (Å²) in [6.07, 6.45) is 3.80. The zero-order valence-electron chi connectivity index (χ0n) is 14.6. The molecule has 0 N–H and O–H groups in total. The fraction of sp³-hybridized carbons (Fsp3) is 0.143. The summed E-state index contributed by atoms with van der Waals surface area (Å²) in [6, 6.07) is 20.6. The summed E-state index contributed by atoms with van der Waals surface area (Å²) in [5.74, 6) is 1.04. The van der Waals surface area contributed by atoms with E-state index in [1.807, 2.05) is 46.0 Å². The van der Waals surface area contributed by atoms with E-state index in [0.29, 0.717) is 11.8 Å². The third-order valence-electron chi connectivity index (χ3n) is 5.00. The molecule has 8 bridgehead atoms. The topological polar surface area (TPSA) is 44.9 Å². The lowest BCUT2D eigenvalue weighted by atomic mass is 9.78. The smallest absolute Gasteiger partial charge is 0.240 e. The van der Waals surface area contributed by atoms with Crippen molar-refractivity contribution in [1.82, 2.24) is 19.6 Å². The molecule has 0 radical (unpaired) electrons. The number of aromatic nitrogens is 4. The van der Waals surface area contributed by atoms with Gasteiger partial charge in [-0.1, -0.05) is 38.1 Å². The van der Waals surface area contributed by atoms with Crippen LogP contribution < -0.4 is 4.74 Å². The van der Waals surface area contributed by atoms with Crippen molar-refractivity contribution in [2.45, 2.75) is 19.3 Å². The Balaban J connectivity index is 1.78. The van der Waals surface area contributed by atoms with Crippen LogP contribution in [-0.2, 0) is 5.41 Å². The molecular formula is C21H18N4O. The molecule has 0 amide bonds. The monoisotopic (exact) mass is 342 g/mol. The van der Waals surface area contributed by atoms with E-state index in [0.717, 1.165) is 11.4 Å². The fourth-order valence-corrected chi connectivity index (χ4v) is 3.36. The molecule has 0 spiro atoms. The minimum atomic E-state index is -0.154. The highest BCUT2D eigenvalue weighted by Crippen LogP contribution is 2.34. The molecule has 0 unspecified atom stereocenters. The molecule has 128 valence electrons. The Labute approximate surface area is 151 Å². The molecule has 1 aliphatic rings. The quantitative estimate of drug-likeness (QED) is 0.473. The summed E-state index contributed by atoms with van der Waals surface area (Å²) < 4.78 is 9.46. The van der Waals surface area contributed by atoms with Gasteiger partial charge in [0.2, 0.25) is 11.8 Å². The van der Waals surface area contributed by atoms with Crippen molar-refractivity contribution in [3.63, 3.8) is 0 Å². The normalized spacial score (nSPS) is 14.4. The van der Waals surface area contributed by atoms with Crippen LogP contribution in [0.15, 0.2) is 73.1 Å². The van der Waals surface area contributed by atoms with Gasteiger partial charge in [0.1, 0.15) is 0 Å². The third-order valence-corrected chi connectivity index (χ3v) is 5.00. The second-order valence-electron chi connectivity index (χ2n) is 7.02. The summed E-state index contributed by atoms with van der Waals surface area (Å²) >= 11 is 0. The van der Waals surface area contributed by atoms with Crippen LogP contribution in [0, 0.1) is 0 Å². The van der Waals surface area contributed by atoms with E-state index in [9.17, 15) is 0 Å². The lowest BCUT2D eigenvalue weighted by Gasteiger charge is -2.27. The van der Waals surface area contributed by atoms with Gasteiger partial charge in [0.05, 0.1) is 11.4 Å². The van der Waals surface area contributed by atoms with Crippen LogP contribution in [0.4, 0.5) is 0 Å². The first kappa shape index (κ1) is 15.0. The van der Waals surface area contributed by atoms with Crippen molar-refractivity contribution in [1.29, 1.82) is 0 Å². The Morgan fingerprint density at radius 1 is 0.731 bits per heavy atom. The highest BCUT2D eigenvalue weighted by Gasteiger charge is 2.24. The molecule has 5 nitrogen and oxygen atoms in total. The second-order valence-corrected chi connectivity index (χ2v) is 7.02. The van der Waals surface area contributed by atoms with E-state index in [2.05, 4.69) is 60.4 Å². The van der Waals surface area contributed by atoms with Crippen molar-refractivity contribution in [2.75, 3.05) is 0 Å². The largest absolute Gasteiger partial charge is 0.417 e. The standard InChI is InChI=1S/C21H18N4O/c1-21(2)15-5-3-7-17(13-15)24-11-9-19(22-24)26-20-10-12-25(23-20)18-8-4-6-16(21)14-18/h3-14H,1-2H3. The summed E-state index contributed by atoms with van der Waals surface area (Å²) in [6.45, 7) is 4.48. The van der Waals surface area contributed by atoms with Crippen LogP contribution in [0.1, 0.15) is 25.0 Å². The van der Waals surface area contributed by atoms with Crippen molar-refractivity contribution >= 4 is 0 Å². The maximum Gasteiger partial charge on any atom is 0.240 e. The molecule has 3 heterocycles. The molecule has 5 heteroatoms. The van der Waals surface area contributed by atoms with E-state index < -0.39 is 0 Å². The summed E-state index contributed by atoms with van der Waals surface area (Å²) in [7, 11) is 0. The number of nitrogens with zero attached hydrogens (tertiary/aromatic N) is 4. The van der Waals surface area contributed by atoms with Crippen molar-refractivity contribution in [3.05, 3.63) is 84.2 Å². The van der Waals surface area contributed by atoms with Crippen molar-refractivity contribution < 1.29 is 4.74 Å². The highest BCUT2D eigenvalue weighted by atomic mass is 16.5. The minimum Gasteiger partial charge on any atom is -0.417 e. The predicted octanol–water partition coefficient (Wildman–Crippen LogP) is 4.49. The molecular weight excluding hydrogens is 324 g/mol. The Morgan fingerprint density at radius 2 is 1.23 bits per heavy atom. The van der Waals surface area contributed by atoms with E-state index in [1.165, 1.54) is 11.1 Å². The highest BCUT2D eigenvalue weighted by molar-refractivity contribution is 5.47. The van der Waals surface area contributed by atoms with Gasteiger partial charge < -0.3 is 4.74 Å². The van der Waals surface area contributed by atoms with Gasteiger partial charge in [-0.3, -0.25) is 0 Å². The maximum absolute atomic E-state index is 5.80. The SMILES string of the molecule is CC1(C)c2cccc(c2)-n2ccc(n2)Oc2ccn(n2)-c2cccc1c2. The molecule has 0 saturated heterocycles. The Hall–Kier alpha value is -3.34. The first-order chi connectivity index (χ1) is 12.6. The van der Waals surface area contributed by atoms with Gasteiger partial charge in [0.25, 0.3) is 0 Å². The summed E-state index contributed by atoms with van der Waals surface area (Å²) in [4.78, 5) is 0. The number of benzene rings is 2. The number of ether oxygens (including phenoxy) is 1. The molecule has 0 fully saturated rings. The van der Waals surface area contributed by atoms with Crippen LogP contribution in [0.25, 0.3) is 11.4 Å². The van der Waals surface area contributed by atoms with E-state index in [4.69, 9.17) is 4.74 Å². The zero-order valence-corrected chi connectivity index (χ0v) is 14.6.